The molecule has 0 bridgehead atoms. The second-order valence-electron chi connectivity index (χ2n) is 6.02. The number of amides is 1. The molecule has 0 spiro atoms. The average Bonchev–Trinajstić information content (AvgIpc) is 2.99. The number of fused-ring (bicyclic) bond motifs is 1. The van der Waals surface area contributed by atoms with Crippen LogP contribution in [0.1, 0.15) is 32.0 Å². The molecule has 0 saturated carbocycles. The van der Waals surface area contributed by atoms with Crippen LogP contribution in [0.15, 0.2) is 46.9 Å². The van der Waals surface area contributed by atoms with Crippen molar-refractivity contribution in [2.75, 3.05) is 14.2 Å². The minimum atomic E-state index is -0.393. The van der Waals surface area contributed by atoms with E-state index in [1.54, 1.807) is 42.3 Å². The smallest absolute Gasteiger partial charge is 0.337 e. The topological polar surface area (TPSA) is 59.8 Å². The Kier molecular flexibility index (Phi) is 5.00. The highest BCUT2D eigenvalue weighted by molar-refractivity contribution is 6.35. The van der Waals surface area contributed by atoms with Crippen LogP contribution < -0.4 is 0 Å². The molecule has 134 valence electrons. The van der Waals surface area contributed by atoms with Crippen LogP contribution in [-0.2, 0) is 11.3 Å². The van der Waals surface area contributed by atoms with Gasteiger partial charge in [0.2, 0.25) is 0 Å². The number of esters is 1. The fraction of sp³-hybridized carbons (Fsp3) is 0.200. The lowest BCUT2D eigenvalue weighted by atomic mass is 10.1. The lowest BCUT2D eigenvalue weighted by Crippen LogP contribution is -2.26. The quantitative estimate of drug-likeness (QED) is 0.635. The summed E-state index contributed by atoms with van der Waals surface area (Å²) in [5, 5.41) is 1.31. The molecule has 26 heavy (non-hydrogen) atoms. The van der Waals surface area contributed by atoms with Crippen molar-refractivity contribution in [2.24, 2.45) is 0 Å². The molecule has 0 aliphatic heterocycles. The van der Waals surface area contributed by atoms with Crippen molar-refractivity contribution >= 4 is 34.4 Å². The van der Waals surface area contributed by atoms with E-state index in [-0.39, 0.29) is 11.7 Å². The van der Waals surface area contributed by atoms with E-state index in [9.17, 15) is 9.59 Å². The van der Waals surface area contributed by atoms with E-state index in [4.69, 9.17) is 16.0 Å². The van der Waals surface area contributed by atoms with Crippen molar-refractivity contribution in [3.8, 4) is 0 Å². The zero-order chi connectivity index (χ0) is 18.8. The molecule has 3 rings (SSSR count). The van der Waals surface area contributed by atoms with Gasteiger partial charge in [-0.2, -0.15) is 0 Å². The van der Waals surface area contributed by atoms with Crippen molar-refractivity contribution in [1.29, 1.82) is 0 Å². The minimum Gasteiger partial charge on any atom is -0.465 e. The van der Waals surface area contributed by atoms with Gasteiger partial charge in [-0.05, 0) is 30.7 Å². The summed E-state index contributed by atoms with van der Waals surface area (Å²) >= 11 is 6.15. The van der Waals surface area contributed by atoms with Crippen molar-refractivity contribution in [3.63, 3.8) is 0 Å². The molecule has 0 fully saturated rings. The fourth-order valence-corrected chi connectivity index (χ4v) is 3.01. The lowest BCUT2D eigenvalue weighted by Gasteiger charge is -2.16. The number of ether oxygens (including phenoxy) is 1. The maximum Gasteiger partial charge on any atom is 0.337 e. The average molecular weight is 372 g/mol. The molecule has 0 unspecified atom stereocenters. The number of carbonyl (C=O) groups excluding carboxylic acids is 2. The zero-order valence-corrected chi connectivity index (χ0v) is 15.5. The number of carbonyl (C=O) groups is 2. The minimum absolute atomic E-state index is 0.230. The first-order valence-corrected chi connectivity index (χ1v) is 8.40. The molecular weight excluding hydrogens is 354 g/mol. The first kappa shape index (κ1) is 18.0. The molecule has 2 aromatic carbocycles. The van der Waals surface area contributed by atoms with E-state index in [1.165, 1.54) is 7.11 Å². The third-order valence-corrected chi connectivity index (χ3v) is 4.55. The van der Waals surface area contributed by atoms with Gasteiger partial charge in [-0.3, -0.25) is 4.79 Å². The molecule has 0 radical (unpaired) electrons. The first-order chi connectivity index (χ1) is 12.4. The van der Waals surface area contributed by atoms with Crippen LogP contribution in [-0.4, -0.2) is 30.9 Å². The molecule has 1 heterocycles. The van der Waals surface area contributed by atoms with Gasteiger partial charge in [0.15, 0.2) is 11.3 Å². The van der Waals surface area contributed by atoms with E-state index in [0.717, 1.165) is 16.5 Å². The van der Waals surface area contributed by atoms with E-state index < -0.39 is 5.97 Å². The number of furan rings is 1. The predicted octanol–water partition coefficient (Wildman–Crippen LogP) is 4.45. The third-order valence-electron chi connectivity index (χ3n) is 4.25. The van der Waals surface area contributed by atoms with Gasteiger partial charge in [0, 0.05) is 24.5 Å². The monoisotopic (exact) mass is 371 g/mol. The Morgan fingerprint density at radius 3 is 2.46 bits per heavy atom. The van der Waals surface area contributed by atoms with Crippen LogP contribution >= 0.6 is 11.6 Å². The molecule has 0 aliphatic carbocycles. The molecule has 0 atom stereocenters. The third kappa shape index (κ3) is 3.30. The van der Waals surface area contributed by atoms with Crippen molar-refractivity contribution in [2.45, 2.75) is 13.5 Å². The fourth-order valence-electron chi connectivity index (χ4n) is 2.80. The largest absolute Gasteiger partial charge is 0.465 e. The second kappa shape index (κ2) is 7.22. The normalized spacial score (nSPS) is 10.8. The summed E-state index contributed by atoms with van der Waals surface area (Å²) in [7, 11) is 3.04. The Morgan fingerprint density at radius 1 is 1.15 bits per heavy atom. The second-order valence-corrected chi connectivity index (χ2v) is 6.43. The molecule has 1 amide bonds. The van der Waals surface area contributed by atoms with Crippen molar-refractivity contribution in [3.05, 3.63) is 69.9 Å². The number of methoxy groups -OCH3 is 1. The Bertz CT molecular complexity index is 975. The maximum atomic E-state index is 12.8. The Morgan fingerprint density at radius 2 is 1.85 bits per heavy atom. The first-order valence-electron chi connectivity index (χ1n) is 8.02. The summed E-state index contributed by atoms with van der Waals surface area (Å²) in [5.41, 5.74) is 2.64. The number of hydrogen-bond donors (Lipinski definition) is 0. The van der Waals surface area contributed by atoms with Crippen LogP contribution in [0.4, 0.5) is 0 Å². The van der Waals surface area contributed by atoms with Crippen LogP contribution in [0.25, 0.3) is 11.0 Å². The number of rotatable bonds is 4. The standard InChI is InChI=1S/C20H18ClNO4/c1-12-15-5-4-6-16(21)18(15)26-17(12)19(23)22(2)11-13-7-9-14(10-8-13)20(24)25-3/h4-10H,11H2,1-3H3. The van der Waals surface area contributed by atoms with Crippen LogP contribution in [0, 0.1) is 6.92 Å². The summed E-state index contributed by atoms with van der Waals surface area (Å²) in [6.07, 6.45) is 0. The summed E-state index contributed by atoms with van der Waals surface area (Å²) in [6, 6.07) is 12.4. The molecule has 0 aliphatic rings. The molecule has 0 N–H and O–H groups in total. The van der Waals surface area contributed by atoms with Gasteiger partial charge in [-0.25, -0.2) is 4.79 Å². The Balaban J connectivity index is 1.81. The summed E-state index contributed by atoms with van der Waals surface area (Å²) in [5.74, 6) is -0.343. The van der Waals surface area contributed by atoms with Gasteiger partial charge in [0.25, 0.3) is 5.91 Å². The maximum absolute atomic E-state index is 12.8. The number of benzene rings is 2. The predicted molar refractivity (Wildman–Crippen MR) is 99.5 cm³/mol. The number of aryl methyl sites for hydroxylation is 1. The molecule has 1 aromatic heterocycles. The van der Waals surface area contributed by atoms with Gasteiger partial charge >= 0.3 is 5.97 Å². The van der Waals surface area contributed by atoms with Gasteiger partial charge in [0.05, 0.1) is 17.7 Å². The van der Waals surface area contributed by atoms with Crippen LogP contribution in [0.3, 0.4) is 0 Å². The molecule has 0 saturated heterocycles. The number of nitrogens with zero attached hydrogens (tertiary/aromatic N) is 1. The number of halogens is 1. The van der Waals surface area contributed by atoms with Crippen LogP contribution in [0.5, 0.6) is 0 Å². The summed E-state index contributed by atoms with van der Waals surface area (Å²) in [6.45, 7) is 2.22. The number of hydrogen-bond acceptors (Lipinski definition) is 4. The molecule has 6 heteroatoms. The van der Waals surface area contributed by atoms with Gasteiger partial charge < -0.3 is 14.1 Å². The highest BCUT2D eigenvalue weighted by atomic mass is 35.5. The van der Waals surface area contributed by atoms with Crippen molar-refractivity contribution < 1.29 is 18.7 Å². The molecule has 5 nitrogen and oxygen atoms in total. The highest BCUT2D eigenvalue weighted by Crippen LogP contribution is 2.31. The zero-order valence-electron chi connectivity index (χ0n) is 14.7. The van der Waals surface area contributed by atoms with E-state index in [1.807, 2.05) is 19.1 Å². The van der Waals surface area contributed by atoms with E-state index >= 15 is 0 Å². The molecule has 3 aromatic rings. The highest BCUT2D eigenvalue weighted by Gasteiger charge is 2.22. The lowest BCUT2D eigenvalue weighted by molar-refractivity contribution is 0.0600. The Labute approximate surface area is 156 Å². The SMILES string of the molecule is COC(=O)c1ccc(CN(C)C(=O)c2oc3c(Cl)cccc3c2C)cc1. The van der Waals surface area contributed by atoms with Crippen LogP contribution in [0.2, 0.25) is 5.02 Å². The summed E-state index contributed by atoms with van der Waals surface area (Å²) < 4.78 is 10.4. The summed E-state index contributed by atoms with van der Waals surface area (Å²) in [4.78, 5) is 25.8. The van der Waals surface area contributed by atoms with E-state index in [2.05, 4.69) is 4.74 Å². The molecular formula is C20H18ClNO4. The van der Waals surface area contributed by atoms with Crippen molar-refractivity contribution in [1.82, 2.24) is 4.90 Å². The van der Waals surface area contributed by atoms with Gasteiger partial charge in [0.1, 0.15) is 0 Å². The van der Waals surface area contributed by atoms with E-state index in [0.29, 0.717) is 22.7 Å². The Hall–Kier alpha value is -2.79. The number of para-hydroxylation sites is 1. The van der Waals surface area contributed by atoms with Gasteiger partial charge in [-0.15, -0.1) is 0 Å². The van der Waals surface area contributed by atoms with Gasteiger partial charge in [-0.1, -0.05) is 35.9 Å².